The largest absolute Gasteiger partial charge is 0.266 e. The number of hydrogen-bond acceptors (Lipinski definition) is 4. The molecule has 128 valence electrons. The minimum absolute atomic E-state index is 0.0672. The number of fused-ring (bicyclic) bond motifs is 1. The van der Waals surface area contributed by atoms with Crippen molar-refractivity contribution in [1.82, 2.24) is 0 Å². The predicted molar refractivity (Wildman–Crippen MR) is 87.2 cm³/mol. The van der Waals surface area contributed by atoms with Crippen LogP contribution in [0.5, 0.6) is 0 Å². The molecule has 6 nitrogen and oxygen atoms in total. The normalized spacial score (nSPS) is 14.7. The summed E-state index contributed by atoms with van der Waals surface area (Å²) in [6.07, 6.45) is 0.353. The Hall–Kier alpha value is -1.97. The van der Waals surface area contributed by atoms with E-state index in [1.807, 2.05) is 0 Å². The number of nitrogens with two attached hydrogens (primary N) is 1. The van der Waals surface area contributed by atoms with Gasteiger partial charge in [0.25, 0.3) is 10.0 Å². The first-order valence-corrected chi connectivity index (χ1v) is 10.0. The van der Waals surface area contributed by atoms with E-state index < -0.39 is 25.9 Å². The van der Waals surface area contributed by atoms with Crippen molar-refractivity contribution >= 4 is 25.7 Å². The molecule has 0 spiro atoms. The first kappa shape index (κ1) is 16.9. The summed E-state index contributed by atoms with van der Waals surface area (Å²) in [6, 6.07) is 7.64. The number of benzene rings is 2. The summed E-state index contributed by atoms with van der Waals surface area (Å²) < 4.78 is 63.2. The smallest absolute Gasteiger partial charge is 0.264 e. The van der Waals surface area contributed by atoms with Gasteiger partial charge in [0.1, 0.15) is 5.82 Å². The molecule has 0 unspecified atom stereocenters. The molecular weight excluding hydrogens is 355 g/mol. The number of primary sulfonamides is 1. The lowest BCUT2D eigenvalue weighted by atomic mass is 10.2. The number of sulfonamides is 2. The molecule has 1 aliphatic rings. The van der Waals surface area contributed by atoms with Gasteiger partial charge in [-0.1, -0.05) is 6.07 Å². The van der Waals surface area contributed by atoms with Crippen molar-refractivity contribution < 1.29 is 21.2 Å². The van der Waals surface area contributed by atoms with Crippen molar-refractivity contribution in [3.05, 3.63) is 53.3 Å². The van der Waals surface area contributed by atoms with Crippen molar-refractivity contribution in [1.29, 1.82) is 0 Å². The van der Waals surface area contributed by atoms with Gasteiger partial charge in [0.15, 0.2) is 0 Å². The van der Waals surface area contributed by atoms with Crippen LogP contribution in [0.3, 0.4) is 0 Å². The number of hydrogen-bond donors (Lipinski definition) is 1. The Morgan fingerprint density at radius 2 is 1.79 bits per heavy atom. The highest BCUT2D eigenvalue weighted by molar-refractivity contribution is 7.93. The number of halogens is 1. The Kier molecular flexibility index (Phi) is 3.89. The molecule has 2 N–H and O–H groups in total. The molecule has 1 heterocycles. The highest BCUT2D eigenvalue weighted by Crippen LogP contribution is 2.35. The van der Waals surface area contributed by atoms with Gasteiger partial charge >= 0.3 is 0 Å². The quantitative estimate of drug-likeness (QED) is 0.886. The maximum Gasteiger partial charge on any atom is 0.264 e. The fourth-order valence-corrected chi connectivity index (χ4v) is 5.05. The molecule has 2 aromatic carbocycles. The van der Waals surface area contributed by atoms with Gasteiger partial charge in [0.05, 0.1) is 15.5 Å². The van der Waals surface area contributed by atoms with Crippen LogP contribution >= 0.6 is 0 Å². The second-order valence-electron chi connectivity index (χ2n) is 5.57. The average molecular weight is 370 g/mol. The van der Waals surface area contributed by atoms with Crippen LogP contribution in [0.2, 0.25) is 0 Å². The third-order valence-corrected chi connectivity index (χ3v) is 6.82. The van der Waals surface area contributed by atoms with E-state index >= 15 is 0 Å². The Labute approximate surface area is 139 Å². The zero-order valence-corrected chi connectivity index (χ0v) is 14.4. The van der Waals surface area contributed by atoms with Gasteiger partial charge in [-0.3, -0.25) is 4.31 Å². The summed E-state index contributed by atoms with van der Waals surface area (Å²) >= 11 is 0. The third-order valence-electron chi connectivity index (χ3n) is 3.95. The molecule has 2 aromatic rings. The Bertz CT molecular complexity index is 1030. The molecule has 0 aromatic heterocycles. The minimum atomic E-state index is -3.94. The predicted octanol–water partition coefficient (Wildman–Crippen LogP) is 1.53. The van der Waals surface area contributed by atoms with E-state index in [-0.39, 0.29) is 16.3 Å². The first-order valence-electron chi connectivity index (χ1n) is 7.05. The molecule has 0 fully saturated rings. The van der Waals surface area contributed by atoms with Gasteiger partial charge < -0.3 is 0 Å². The molecule has 0 amide bonds. The molecular formula is C15H15FN2O4S2. The summed E-state index contributed by atoms with van der Waals surface area (Å²) in [5.74, 6) is -0.636. The van der Waals surface area contributed by atoms with E-state index in [0.29, 0.717) is 23.2 Å². The molecule has 9 heteroatoms. The topological polar surface area (TPSA) is 97.5 Å². The third kappa shape index (κ3) is 2.79. The zero-order chi connectivity index (χ0) is 17.7. The Balaban J connectivity index is 2.09. The fraction of sp³-hybridized carbons (Fsp3) is 0.200. The molecule has 0 atom stereocenters. The van der Waals surface area contributed by atoms with Crippen LogP contribution in [0.1, 0.15) is 11.1 Å². The van der Waals surface area contributed by atoms with Gasteiger partial charge in [-0.2, -0.15) is 0 Å². The van der Waals surface area contributed by atoms with Crippen LogP contribution in [0.25, 0.3) is 0 Å². The molecule has 0 aliphatic carbocycles. The maximum atomic E-state index is 13.5. The van der Waals surface area contributed by atoms with E-state index in [9.17, 15) is 21.2 Å². The summed E-state index contributed by atoms with van der Waals surface area (Å²) in [7, 11) is -7.80. The molecule has 0 radical (unpaired) electrons. The van der Waals surface area contributed by atoms with Gasteiger partial charge in [0.2, 0.25) is 10.0 Å². The average Bonchev–Trinajstić information content (AvgIpc) is 2.92. The fourth-order valence-electron chi connectivity index (χ4n) is 2.75. The van der Waals surface area contributed by atoms with Gasteiger partial charge in [-0.05, 0) is 54.8 Å². The van der Waals surface area contributed by atoms with Crippen LogP contribution in [0.4, 0.5) is 10.1 Å². The second kappa shape index (κ2) is 5.54. The van der Waals surface area contributed by atoms with Crippen molar-refractivity contribution in [3.8, 4) is 0 Å². The molecule has 0 saturated carbocycles. The van der Waals surface area contributed by atoms with Crippen molar-refractivity contribution in [3.63, 3.8) is 0 Å². The van der Waals surface area contributed by atoms with Crippen LogP contribution < -0.4 is 9.44 Å². The molecule has 3 rings (SSSR count). The SMILES string of the molecule is Cc1ccc(F)cc1S(=O)(=O)N1CCc2cc(S(N)(=O)=O)ccc21. The van der Waals surface area contributed by atoms with Crippen molar-refractivity contribution in [2.24, 2.45) is 5.14 Å². The monoisotopic (exact) mass is 370 g/mol. The lowest BCUT2D eigenvalue weighted by molar-refractivity contribution is 0.586. The first-order chi connectivity index (χ1) is 11.1. The number of nitrogens with zero attached hydrogens (tertiary/aromatic N) is 1. The van der Waals surface area contributed by atoms with Crippen LogP contribution in [0, 0.1) is 12.7 Å². The minimum Gasteiger partial charge on any atom is -0.266 e. The Morgan fingerprint density at radius 3 is 2.46 bits per heavy atom. The van der Waals surface area contributed by atoms with Crippen LogP contribution in [0.15, 0.2) is 46.2 Å². The summed E-state index contributed by atoms with van der Waals surface area (Å²) in [6.45, 7) is 1.75. The van der Waals surface area contributed by atoms with E-state index in [4.69, 9.17) is 5.14 Å². The maximum absolute atomic E-state index is 13.5. The molecule has 0 bridgehead atoms. The van der Waals surface area contributed by atoms with Crippen LogP contribution in [-0.4, -0.2) is 23.4 Å². The van der Waals surface area contributed by atoms with Gasteiger partial charge in [0, 0.05) is 6.54 Å². The van der Waals surface area contributed by atoms with Crippen molar-refractivity contribution in [2.45, 2.75) is 23.1 Å². The van der Waals surface area contributed by atoms with Gasteiger partial charge in [-0.15, -0.1) is 0 Å². The lowest BCUT2D eigenvalue weighted by Crippen LogP contribution is -2.29. The van der Waals surface area contributed by atoms with Crippen molar-refractivity contribution in [2.75, 3.05) is 10.8 Å². The lowest BCUT2D eigenvalue weighted by Gasteiger charge is -2.21. The zero-order valence-electron chi connectivity index (χ0n) is 12.7. The van der Waals surface area contributed by atoms with Crippen LogP contribution in [-0.2, 0) is 26.5 Å². The van der Waals surface area contributed by atoms with E-state index in [2.05, 4.69) is 0 Å². The highest BCUT2D eigenvalue weighted by atomic mass is 32.2. The molecule has 0 saturated heterocycles. The summed E-state index contributed by atoms with van der Waals surface area (Å²) in [4.78, 5) is -0.173. The number of anilines is 1. The van der Waals surface area contributed by atoms with E-state index in [0.717, 1.165) is 10.4 Å². The Morgan fingerprint density at radius 1 is 1.08 bits per heavy atom. The second-order valence-corrected chi connectivity index (χ2v) is 8.96. The van der Waals surface area contributed by atoms with E-state index in [1.54, 1.807) is 6.92 Å². The summed E-state index contributed by atoms with van der Waals surface area (Å²) in [5, 5.41) is 5.10. The summed E-state index contributed by atoms with van der Waals surface area (Å²) in [5.41, 5.74) is 1.39. The van der Waals surface area contributed by atoms with Gasteiger partial charge in [-0.25, -0.2) is 26.4 Å². The molecule has 1 aliphatic heterocycles. The highest BCUT2D eigenvalue weighted by Gasteiger charge is 2.32. The number of rotatable bonds is 3. The molecule has 24 heavy (non-hydrogen) atoms. The number of aryl methyl sites for hydroxylation is 1. The van der Waals surface area contributed by atoms with E-state index in [1.165, 1.54) is 30.3 Å². The standard InChI is InChI=1S/C15H15FN2O4S2/c1-10-2-3-12(16)9-15(10)24(21,22)18-7-6-11-8-13(23(17,19)20)4-5-14(11)18/h2-5,8-9H,6-7H2,1H3,(H2,17,19,20).